The van der Waals surface area contributed by atoms with E-state index in [2.05, 4.69) is 5.32 Å². The number of benzene rings is 2. The molecule has 1 N–H and O–H groups in total. The smallest absolute Gasteiger partial charge is 0.251 e. The maximum absolute atomic E-state index is 13.2. The van der Waals surface area contributed by atoms with Gasteiger partial charge in [0.15, 0.2) is 0 Å². The van der Waals surface area contributed by atoms with Gasteiger partial charge in [0.25, 0.3) is 5.91 Å². The number of carbonyl (C=O) groups excluding carboxylic acids is 1. The van der Waals surface area contributed by atoms with Crippen molar-refractivity contribution in [3.63, 3.8) is 0 Å². The van der Waals surface area contributed by atoms with Gasteiger partial charge in [-0.05, 0) is 62.1 Å². The van der Waals surface area contributed by atoms with Crippen LogP contribution in [0.5, 0.6) is 5.75 Å². The molecule has 1 saturated heterocycles. The van der Waals surface area contributed by atoms with Gasteiger partial charge >= 0.3 is 0 Å². The van der Waals surface area contributed by atoms with Gasteiger partial charge in [-0.1, -0.05) is 25.1 Å². The van der Waals surface area contributed by atoms with Gasteiger partial charge in [0.1, 0.15) is 5.75 Å². The van der Waals surface area contributed by atoms with Gasteiger partial charge in [-0.2, -0.15) is 4.31 Å². The summed E-state index contributed by atoms with van der Waals surface area (Å²) in [5.41, 5.74) is 2.13. The summed E-state index contributed by atoms with van der Waals surface area (Å²) in [6.07, 6.45) is 1.35. The van der Waals surface area contributed by atoms with Crippen LogP contribution in [0.3, 0.4) is 0 Å². The lowest BCUT2D eigenvalue weighted by Gasteiger charge is -2.27. The predicted molar refractivity (Wildman–Crippen MR) is 124 cm³/mol. The molecule has 0 atom stereocenters. The highest BCUT2D eigenvalue weighted by Crippen LogP contribution is 2.23. The van der Waals surface area contributed by atoms with Crippen LogP contribution in [0.25, 0.3) is 0 Å². The van der Waals surface area contributed by atoms with Gasteiger partial charge < -0.3 is 14.8 Å². The van der Waals surface area contributed by atoms with Crippen LogP contribution in [0.1, 0.15) is 42.3 Å². The Morgan fingerprint density at radius 2 is 1.81 bits per heavy atom. The molecule has 174 valence electrons. The molecule has 1 heterocycles. The molecule has 0 radical (unpaired) electrons. The van der Waals surface area contributed by atoms with Crippen LogP contribution in [0, 0.1) is 0 Å². The van der Waals surface area contributed by atoms with Crippen molar-refractivity contribution in [1.82, 2.24) is 9.62 Å². The van der Waals surface area contributed by atoms with Crippen molar-refractivity contribution in [2.75, 3.05) is 32.8 Å². The number of ether oxygens (including phenoxy) is 2. The molecular formula is C24H32N2O5S. The highest BCUT2D eigenvalue weighted by molar-refractivity contribution is 7.89. The first-order chi connectivity index (χ1) is 15.3. The Bertz CT molecular complexity index is 1010. The molecule has 1 fully saturated rings. The molecule has 1 amide bonds. The monoisotopic (exact) mass is 460 g/mol. The number of amides is 1. The minimum atomic E-state index is -3.68. The van der Waals surface area contributed by atoms with E-state index in [0.29, 0.717) is 56.8 Å². The number of hydrogen-bond acceptors (Lipinski definition) is 5. The van der Waals surface area contributed by atoms with Gasteiger partial charge in [0.05, 0.1) is 24.2 Å². The lowest BCUT2D eigenvalue weighted by molar-refractivity contribution is 0.0730. The third-order valence-corrected chi connectivity index (χ3v) is 7.27. The fraction of sp³-hybridized carbons (Fsp3) is 0.458. The quantitative estimate of drug-likeness (QED) is 0.622. The van der Waals surface area contributed by atoms with Gasteiger partial charge in [0, 0.05) is 25.2 Å². The van der Waals surface area contributed by atoms with Crippen LogP contribution in [-0.4, -0.2) is 57.6 Å². The van der Waals surface area contributed by atoms with E-state index in [1.165, 1.54) is 10.4 Å². The molecule has 1 aliphatic rings. The van der Waals surface area contributed by atoms with E-state index in [1.807, 2.05) is 45.0 Å². The highest BCUT2D eigenvalue weighted by atomic mass is 32.2. The van der Waals surface area contributed by atoms with Crippen LogP contribution < -0.4 is 10.1 Å². The van der Waals surface area contributed by atoms with Crippen molar-refractivity contribution in [3.8, 4) is 5.75 Å². The molecule has 0 aromatic heterocycles. The van der Waals surface area contributed by atoms with E-state index in [-0.39, 0.29) is 16.9 Å². The molecular weight excluding hydrogens is 428 g/mol. The second-order valence-electron chi connectivity index (χ2n) is 8.01. The first-order valence-corrected chi connectivity index (χ1v) is 12.5. The van der Waals surface area contributed by atoms with Gasteiger partial charge in [0.2, 0.25) is 10.0 Å². The summed E-state index contributed by atoms with van der Waals surface area (Å²) in [5, 5.41) is 2.89. The zero-order valence-corrected chi connectivity index (χ0v) is 19.8. The van der Waals surface area contributed by atoms with Crippen molar-refractivity contribution >= 4 is 15.9 Å². The van der Waals surface area contributed by atoms with Crippen LogP contribution >= 0.6 is 0 Å². The molecule has 0 saturated carbocycles. The molecule has 1 aliphatic heterocycles. The number of aryl methyl sites for hydroxylation is 1. The second kappa shape index (κ2) is 10.9. The summed E-state index contributed by atoms with van der Waals surface area (Å²) in [5.74, 6) is 0.531. The van der Waals surface area contributed by atoms with Gasteiger partial charge in [-0.3, -0.25) is 4.79 Å². The zero-order chi connectivity index (χ0) is 23.1. The molecule has 7 nitrogen and oxygen atoms in total. The summed E-state index contributed by atoms with van der Waals surface area (Å²) in [4.78, 5) is 12.9. The lowest BCUT2D eigenvalue weighted by atomic mass is 10.1. The minimum Gasteiger partial charge on any atom is -0.491 e. The van der Waals surface area contributed by atoms with E-state index in [4.69, 9.17) is 9.47 Å². The SMILES string of the molecule is CCc1ccc(C(=O)NCCc2ccc(OC(C)C)cc2)cc1S(=O)(=O)N1CCOCC1. The molecule has 32 heavy (non-hydrogen) atoms. The van der Waals surface area contributed by atoms with Crippen LogP contribution in [-0.2, 0) is 27.6 Å². The second-order valence-corrected chi connectivity index (χ2v) is 9.92. The summed E-state index contributed by atoms with van der Waals surface area (Å²) < 4.78 is 38.7. The van der Waals surface area contributed by atoms with Crippen molar-refractivity contribution in [2.24, 2.45) is 0 Å². The molecule has 3 rings (SSSR count). The lowest BCUT2D eigenvalue weighted by Crippen LogP contribution is -2.41. The number of morpholine rings is 1. The molecule has 2 aromatic rings. The van der Waals surface area contributed by atoms with Crippen molar-refractivity contribution in [2.45, 2.75) is 44.6 Å². The molecule has 8 heteroatoms. The van der Waals surface area contributed by atoms with Gasteiger partial charge in [-0.25, -0.2) is 8.42 Å². The predicted octanol–water partition coefficient (Wildman–Crippen LogP) is 3.03. The van der Waals surface area contributed by atoms with Crippen molar-refractivity contribution in [1.29, 1.82) is 0 Å². The number of carbonyl (C=O) groups is 1. The number of nitrogens with one attached hydrogen (secondary N) is 1. The van der Waals surface area contributed by atoms with E-state index in [9.17, 15) is 13.2 Å². The van der Waals surface area contributed by atoms with Crippen molar-refractivity contribution in [3.05, 3.63) is 59.2 Å². The minimum absolute atomic E-state index is 0.121. The third-order valence-electron chi connectivity index (χ3n) is 5.29. The Balaban J connectivity index is 1.66. The fourth-order valence-corrected chi connectivity index (χ4v) is 5.31. The Labute approximate surface area is 190 Å². The Kier molecular flexibility index (Phi) is 8.28. The van der Waals surface area contributed by atoms with Gasteiger partial charge in [-0.15, -0.1) is 0 Å². The Hall–Kier alpha value is -2.42. The topological polar surface area (TPSA) is 84.9 Å². The highest BCUT2D eigenvalue weighted by Gasteiger charge is 2.29. The Morgan fingerprint density at radius 3 is 2.44 bits per heavy atom. The summed E-state index contributed by atoms with van der Waals surface area (Å²) in [6.45, 7) is 7.72. The number of nitrogens with zero attached hydrogens (tertiary/aromatic N) is 1. The van der Waals surface area contributed by atoms with E-state index in [0.717, 1.165) is 11.3 Å². The number of sulfonamides is 1. The van der Waals surface area contributed by atoms with E-state index in [1.54, 1.807) is 12.1 Å². The number of rotatable bonds is 9. The molecule has 0 unspecified atom stereocenters. The first-order valence-electron chi connectivity index (χ1n) is 11.1. The maximum Gasteiger partial charge on any atom is 0.251 e. The normalized spacial score (nSPS) is 15.0. The molecule has 0 bridgehead atoms. The average Bonchev–Trinajstić information content (AvgIpc) is 2.80. The standard InChI is InChI=1S/C24H32N2O5S/c1-4-20-7-8-21(17-23(20)32(28,29)26-13-15-30-16-14-26)24(27)25-12-11-19-5-9-22(10-6-19)31-18(2)3/h5-10,17-18H,4,11-16H2,1-3H3,(H,25,27). The molecule has 2 aromatic carbocycles. The fourth-order valence-electron chi connectivity index (χ4n) is 3.58. The molecule has 0 spiro atoms. The maximum atomic E-state index is 13.2. The average molecular weight is 461 g/mol. The third kappa shape index (κ3) is 6.09. The van der Waals surface area contributed by atoms with Crippen LogP contribution in [0.15, 0.2) is 47.4 Å². The van der Waals surface area contributed by atoms with E-state index < -0.39 is 10.0 Å². The van der Waals surface area contributed by atoms with Crippen LogP contribution in [0.4, 0.5) is 0 Å². The van der Waals surface area contributed by atoms with Crippen LogP contribution in [0.2, 0.25) is 0 Å². The van der Waals surface area contributed by atoms with E-state index >= 15 is 0 Å². The largest absolute Gasteiger partial charge is 0.491 e. The summed E-state index contributed by atoms with van der Waals surface area (Å²) in [6, 6.07) is 12.7. The summed E-state index contributed by atoms with van der Waals surface area (Å²) in [7, 11) is -3.68. The zero-order valence-electron chi connectivity index (χ0n) is 19.0. The molecule has 0 aliphatic carbocycles. The Morgan fingerprint density at radius 1 is 1.12 bits per heavy atom. The van der Waals surface area contributed by atoms with Crippen molar-refractivity contribution < 1.29 is 22.7 Å². The number of hydrogen-bond donors (Lipinski definition) is 1. The summed E-state index contributed by atoms with van der Waals surface area (Å²) >= 11 is 0. The first kappa shape index (κ1) is 24.2.